The third kappa shape index (κ3) is 4.18. The normalized spacial score (nSPS) is 12.7. The Morgan fingerprint density at radius 1 is 1.29 bits per heavy atom. The van der Waals surface area contributed by atoms with E-state index >= 15 is 0 Å². The molecule has 1 rings (SSSR count). The van der Waals surface area contributed by atoms with Gasteiger partial charge in [-0.3, -0.25) is 0 Å². The number of alkyl halides is 3. The summed E-state index contributed by atoms with van der Waals surface area (Å²) in [6.07, 6.45) is 0.135. The maximum absolute atomic E-state index is 12.0. The van der Waals surface area contributed by atoms with Gasteiger partial charge in [-0.15, -0.1) is 0 Å². The summed E-state index contributed by atoms with van der Waals surface area (Å²) in [6.45, 7) is -0.331. The topological polar surface area (TPSA) is 46.2 Å². The molecule has 17 heavy (non-hydrogen) atoms. The Morgan fingerprint density at radius 2 is 1.94 bits per heavy atom. The third-order valence-corrected chi connectivity index (χ3v) is 3.33. The lowest BCUT2D eigenvalue weighted by Gasteiger charge is -2.09. The zero-order valence-corrected chi connectivity index (χ0v) is 10.0. The summed E-state index contributed by atoms with van der Waals surface area (Å²) in [4.78, 5) is 0. The van der Waals surface area contributed by atoms with E-state index in [1.807, 2.05) is 0 Å². The maximum Gasteiger partial charge on any atom is 0.511 e. The van der Waals surface area contributed by atoms with E-state index in [4.69, 9.17) is 11.6 Å². The SMILES string of the molecule is O=S(=O)(NCCc1cccc(Cl)c1)C(F)(F)F. The van der Waals surface area contributed by atoms with Crippen LogP contribution in [-0.4, -0.2) is 20.5 Å². The van der Waals surface area contributed by atoms with Gasteiger partial charge in [0.2, 0.25) is 0 Å². The Balaban J connectivity index is 2.55. The fourth-order valence-corrected chi connectivity index (χ4v) is 1.85. The molecule has 0 aliphatic carbocycles. The van der Waals surface area contributed by atoms with Crippen LogP contribution in [0.3, 0.4) is 0 Å². The molecule has 0 atom stereocenters. The van der Waals surface area contributed by atoms with Gasteiger partial charge in [0.15, 0.2) is 0 Å². The fraction of sp³-hybridized carbons (Fsp3) is 0.333. The van der Waals surface area contributed by atoms with E-state index in [0.29, 0.717) is 10.6 Å². The molecule has 0 aliphatic rings. The van der Waals surface area contributed by atoms with Crippen molar-refractivity contribution in [2.45, 2.75) is 11.9 Å². The fourth-order valence-electron chi connectivity index (χ4n) is 1.10. The first-order valence-corrected chi connectivity index (χ1v) is 6.39. The van der Waals surface area contributed by atoms with Crippen LogP contribution in [0.25, 0.3) is 0 Å². The average Bonchev–Trinajstić information content (AvgIpc) is 2.15. The Bertz CT molecular complexity index is 487. The number of hydrogen-bond donors (Lipinski definition) is 1. The molecule has 96 valence electrons. The van der Waals surface area contributed by atoms with Gasteiger partial charge in [0.25, 0.3) is 0 Å². The minimum atomic E-state index is -5.28. The van der Waals surface area contributed by atoms with Gasteiger partial charge in [-0.1, -0.05) is 23.7 Å². The quantitative estimate of drug-likeness (QED) is 0.924. The van der Waals surface area contributed by atoms with Crippen LogP contribution < -0.4 is 4.72 Å². The van der Waals surface area contributed by atoms with Crippen LogP contribution in [-0.2, 0) is 16.4 Å². The highest BCUT2D eigenvalue weighted by molar-refractivity contribution is 7.90. The van der Waals surface area contributed by atoms with E-state index in [9.17, 15) is 21.6 Å². The zero-order chi connectivity index (χ0) is 13.1. The third-order valence-electron chi connectivity index (χ3n) is 1.90. The zero-order valence-electron chi connectivity index (χ0n) is 8.46. The first-order chi connectivity index (χ1) is 7.72. The Kier molecular flexibility index (Phi) is 4.40. The molecular weight excluding hydrogens is 279 g/mol. The van der Waals surface area contributed by atoms with Crippen molar-refractivity contribution < 1.29 is 21.6 Å². The molecule has 0 spiro atoms. The first kappa shape index (κ1) is 14.3. The number of nitrogens with one attached hydrogen (secondary N) is 1. The number of sulfonamides is 1. The predicted octanol–water partition coefficient (Wildman–Crippen LogP) is 2.32. The predicted molar refractivity (Wildman–Crippen MR) is 58.1 cm³/mol. The van der Waals surface area contributed by atoms with Crippen LogP contribution in [0.15, 0.2) is 24.3 Å². The Labute approximate surface area is 102 Å². The second-order valence-electron chi connectivity index (χ2n) is 3.22. The maximum atomic E-state index is 12.0. The van der Waals surface area contributed by atoms with E-state index in [-0.39, 0.29) is 13.0 Å². The minimum Gasteiger partial charge on any atom is -0.207 e. The van der Waals surface area contributed by atoms with Gasteiger partial charge in [0.05, 0.1) is 0 Å². The lowest BCUT2D eigenvalue weighted by atomic mass is 10.2. The van der Waals surface area contributed by atoms with E-state index < -0.39 is 15.5 Å². The molecule has 0 saturated carbocycles. The van der Waals surface area contributed by atoms with Crippen LogP contribution in [0, 0.1) is 0 Å². The summed E-state index contributed by atoms with van der Waals surface area (Å²) >= 11 is 5.67. The van der Waals surface area contributed by atoms with Gasteiger partial charge in [-0.25, -0.2) is 13.1 Å². The molecule has 0 bridgehead atoms. The van der Waals surface area contributed by atoms with E-state index in [1.54, 1.807) is 24.3 Å². The molecule has 8 heteroatoms. The van der Waals surface area contributed by atoms with Crippen LogP contribution >= 0.6 is 11.6 Å². The molecule has 1 aromatic carbocycles. The van der Waals surface area contributed by atoms with Crippen molar-refractivity contribution in [3.05, 3.63) is 34.9 Å². The van der Waals surface area contributed by atoms with Crippen molar-refractivity contribution in [2.24, 2.45) is 0 Å². The molecule has 0 unspecified atom stereocenters. The van der Waals surface area contributed by atoms with Gasteiger partial charge < -0.3 is 0 Å². The molecule has 0 aromatic heterocycles. The van der Waals surface area contributed by atoms with E-state index in [2.05, 4.69) is 0 Å². The highest BCUT2D eigenvalue weighted by Crippen LogP contribution is 2.21. The molecule has 1 N–H and O–H groups in total. The molecular formula is C9H9ClF3NO2S. The van der Waals surface area contributed by atoms with Crippen molar-refractivity contribution in [3.63, 3.8) is 0 Å². The monoisotopic (exact) mass is 287 g/mol. The Hall–Kier alpha value is -0.790. The molecule has 0 aliphatic heterocycles. The van der Waals surface area contributed by atoms with Crippen LogP contribution in [0.2, 0.25) is 5.02 Å². The standard InChI is InChI=1S/C9H9ClF3NO2S/c10-8-3-1-2-7(6-8)4-5-14-17(15,16)9(11,12)13/h1-3,6,14H,4-5H2. The van der Waals surface area contributed by atoms with Crippen LogP contribution in [0.5, 0.6) is 0 Å². The lowest BCUT2D eigenvalue weighted by Crippen LogP contribution is -2.37. The molecule has 0 fully saturated rings. The van der Waals surface area contributed by atoms with Gasteiger partial charge in [0, 0.05) is 11.6 Å². The smallest absolute Gasteiger partial charge is 0.207 e. The van der Waals surface area contributed by atoms with E-state index in [0.717, 1.165) is 0 Å². The van der Waals surface area contributed by atoms with Crippen molar-refractivity contribution >= 4 is 21.6 Å². The highest BCUT2D eigenvalue weighted by atomic mass is 35.5. The van der Waals surface area contributed by atoms with E-state index in [1.165, 1.54) is 4.72 Å². The summed E-state index contributed by atoms with van der Waals surface area (Å²) in [5.41, 5.74) is -4.62. The first-order valence-electron chi connectivity index (χ1n) is 4.53. The summed E-state index contributed by atoms with van der Waals surface area (Å²) in [7, 11) is -5.26. The van der Waals surface area contributed by atoms with Gasteiger partial charge in [-0.05, 0) is 24.1 Å². The number of hydrogen-bond acceptors (Lipinski definition) is 2. The molecule has 0 saturated heterocycles. The Morgan fingerprint density at radius 3 is 2.47 bits per heavy atom. The summed E-state index contributed by atoms with van der Waals surface area (Å²) in [6, 6.07) is 6.46. The molecule has 0 heterocycles. The second-order valence-corrected chi connectivity index (χ2v) is 5.42. The van der Waals surface area contributed by atoms with Crippen molar-refractivity contribution in [2.75, 3.05) is 6.54 Å². The molecule has 0 amide bonds. The molecule has 1 aromatic rings. The largest absolute Gasteiger partial charge is 0.511 e. The minimum absolute atomic E-state index is 0.135. The molecule has 3 nitrogen and oxygen atoms in total. The number of halogens is 4. The lowest BCUT2D eigenvalue weighted by molar-refractivity contribution is -0.0447. The van der Waals surface area contributed by atoms with Crippen LogP contribution in [0.4, 0.5) is 13.2 Å². The second kappa shape index (κ2) is 5.24. The van der Waals surface area contributed by atoms with Crippen LogP contribution in [0.1, 0.15) is 5.56 Å². The van der Waals surface area contributed by atoms with Crippen molar-refractivity contribution in [3.8, 4) is 0 Å². The summed E-state index contributed by atoms with van der Waals surface area (Å²) in [5.74, 6) is 0. The van der Waals surface area contributed by atoms with Gasteiger partial charge in [-0.2, -0.15) is 13.2 Å². The highest BCUT2D eigenvalue weighted by Gasteiger charge is 2.45. The summed E-state index contributed by atoms with van der Waals surface area (Å²) < 4.78 is 58.6. The van der Waals surface area contributed by atoms with Gasteiger partial charge in [0.1, 0.15) is 0 Å². The number of rotatable bonds is 4. The average molecular weight is 288 g/mol. The summed E-state index contributed by atoms with van der Waals surface area (Å²) in [5, 5.41) is 0.446. The van der Waals surface area contributed by atoms with Crippen molar-refractivity contribution in [1.29, 1.82) is 0 Å². The number of benzene rings is 1. The van der Waals surface area contributed by atoms with Gasteiger partial charge >= 0.3 is 15.5 Å². The molecule has 0 radical (unpaired) electrons. The van der Waals surface area contributed by atoms with Crippen molar-refractivity contribution in [1.82, 2.24) is 4.72 Å².